The molecule has 0 radical (unpaired) electrons. The summed E-state index contributed by atoms with van der Waals surface area (Å²) in [6.45, 7) is 2.68. The fourth-order valence-electron chi connectivity index (χ4n) is 2.40. The van der Waals surface area contributed by atoms with E-state index in [1.54, 1.807) is 38.3 Å². The van der Waals surface area contributed by atoms with Gasteiger partial charge in [-0.15, -0.1) is 0 Å². The molecular formula is C20H24N2O4. The van der Waals surface area contributed by atoms with E-state index in [1.165, 1.54) is 0 Å². The number of ether oxygens (including phenoxy) is 2. The van der Waals surface area contributed by atoms with E-state index in [9.17, 15) is 9.59 Å². The normalized spacial score (nSPS) is 10.1. The summed E-state index contributed by atoms with van der Waals surface area (Å²) in [5.41, 5.74) is 2.11. The van der Waals surface area contributed by atoms with Crippen LogP contribution in [0.4, 0.5) is 5.69 Å². The molecular weight excluding hydrogens is 332 g/mol. The Morgan fingerprint density at radius 3 is 2.46 bits per heavy atom. The fraction of sp³-hybridized carbons (Fsp3) is 0.300. The molecule has 6 heteroatoms. The van der Waals surface area contributed by atoms with Gasteiger partial charge in [-0.2, -0.15) is 0 Å². The number of amides is 1. The number of rotatable bonds is 9. The number of carbonyl (C=O) groups excluding carboxylic acids is 2. The summed E-state index contributed by atoms with van der Waals surface area (Å²) >= 11 is 0. The van der Waals surface area contributed by atoms with E-state index in [4.69, 9.17) is 9.47 Å². The minimum atomic E-state index is -0.407. The van der Waals surface area contributed by atoms with Crippen molar-refractivity contribution in [2.45, 2.75) is 13.3 Å². The third-order valence-corrected chi connectivity index (χ3v) is 3.76. The molecule has 2 rings (SSSR count). The van der Waals surface area contributed by atoms with E-state index < -0.39 is 5.97 Å². The Labute approximate surface area is 153 Å². The summed E-state index contributed by atoms with van der Waals surface area (Å²) in [5, 5.41) is 5.84. The first-order chi connectivity index (χ1) is 12.6. The lowest BCUT2D eigenvalue weighted by molar-refractivity contribution is -0.119. The maximum absolute atomic E-state index is 12.0. The van der Waals surface area contributed by atoms with Crippen LogP contribution in [-0.2, 0) is 16.0 Å². The van der Waals surface area contributed by atoms with Crippen LogP contribution < -0.4 is 15.4 Å². The summed E-state index contributed by atoms with van der Waals surface area (Å²) in [5.74, 6) is 0.259. The summed E-state index contributed by atoms with van der Waals surface area (Å²) in [4.78, 5) is 23.9. The highest BCUT2D eigenvalue weighted by atomic mass is 16.5. The van der Waals surface area contributed by atoms with Gasteiger partial charge in [0.2, 0.25) is 5.91 Å². The molecule has 0 aliphatic rings. The van der Waals surface area contributed by atoms with Crippen LogP contribution in [-0.4, -0.2) is 38.7 Å². The van der Waals surface area contributed by atoms with Crippen LogP contribution in [0.3, 0.4) is 0 Å². The number of benzene rings is 2. The lowest BCUT2D eigenvalue weighted by Crippen LogP contribution is -2.31. The van der Waals surface area contributed by atoms with Crippen LogP contribution in [0.2, 0.25) is 0 Å². The van der Waals surface area contributed by atoms with Gasteiger partial charge in [-0.3, -0.25) is 4.79 Å². The molecule has 0 spiro atoms. The molecule has 0 aliphatic heterocycles. The monoisotopic (exact) mass is 356 g/mol. The van der Waals surface area contributed by atoms with Gasteiger partial charge in [0.1, 0.15) is 5.75 Å². The number of carbonyl (C=O) groups is 2. The summed E-state index contributed by atoms with van der Waals surface area (Å²) < 4.78 is 10.1. The number of methoxy groups -OCH3 is 1. The van der Waals surface area contributed by atoms with E-state index in [-0.39, 0.29) is 12.5 Å². The average molecular weight is 356 g/mol. The van der Waals surface area contributed by atoms with Crippen LogP contribution in [0.25, 0.3) is 0 Å². The predicted octanol–water partition coefficient (Wildman–Crippen LogP) is 2.64. The van der Waals surface area contributed by atoms with Crippen molar-refractivity contribution in [1.29, 1.82) is 0 Å². The maximum atomic E-state index is 12.0. The van der Waals surface area contributed by atoms with Gasteiger partial charge in [0, 0.05) is 12.2 Å². The Morgan fingerprint density at radius 2 is 1.77 bits per heavy atom. The molecule has 2 aromatic carbocycles. The summed E-state index contributed by atoms with van der Waals surface area (Å²) in [6, 6.07) is 14.7. The minimum absolute atomic E-state index is 0.0824. The number of hydrogen-bond acceptors (Lipinski definition) is 5. The molecule has 0 fully saturated rings. The van der Waals surface area contributed by atoms with Crippen molar-refractivity contribution < 1.29 is 19.1 Å². The molecule has 0 heterocycles. The third-order valence-electron chi connectivity index (χ3n) is 3.76. The molecule has 1 amide bonds. The highest BCUT2D eigenvalue weighted by molar-refractivity contribution is 5.96. The Kier molecular flexibility index (Phi) is 7.49. The van der Waals surface area contributed by atoms with Crippen molar-refractivity contribution in [3.8, 4) is 5.75 Å². The minimum Gasteiger partial charge on any atom is -0.497 e. The average Bonchev–Trinajstić information content (AvgIpc) is 2.67. The van der Waals surface area contributed by atoms with Crippen LogP contribution in [0.15, 0.2) is 48.5 Å². The highest BCUT2D eigenvalue weighted by Crippen LogP contribution is 2.16. The predicted molar refractivity (Wildman–Crippen MR) is 101 cm³/mol. The Balaban J connectivity index is 1.79. The van der Waals surface area contributed by atoms with E-state index in [0.29, 0.717) is 24.4 Å². The van der Waals surface area contributed by atoms with Crippen molar-refractivity contribution in [1.82, 2.24) is 5.32 Å². The topological polar surface area (TPSA) is 76.7 Å². The number of anilines is 1. The van der Waals surface area contributed by atoms with E-state index in [2.05, 4.69) is 10.6 Å². The van der Waals surface area contributed by atoms with Crippen LogP contribution in [0.1, 0.15) is 22.8 Å². The number of hydrogen-bond donors (Lipinski definition) is 2. The van der Waals surface area contributed by atoms with Crippen molar-refractivity contribution >= 4 is 17.6 Å². The lowest BCUT2D eigenvalue weighted by Gasteiger charge is -2.11. The van der Waals surface area contributed by atoms with Gasteiger partial charge in [-0.05, 0) is 43.2 Å². The van der Waals surface area contributed by atoms with Gasteiger partial charge >= 0.3 is 5.97 Å². The second-order valence-electron chi connectivity index (χ2n) is 5.57. The first-order valence-electron chi connectivity index (χ1n) is 8.53. The largest absolute Gasteiger partial charge is 0.497 e. The fourth-order valence-corrected chi connectivity index (χ4v) is 2.40. The molecule has 0 saturated carbocycles. The highest BCUT2D eigenvalue weighted by Gasteiger charge is 2.12. The summed E-state index contributed by atoms with van der Waals surface area (Å²) in [7, 11) is 1.63. The van der Waals surface area contributed by atoms with Crippen LogP contribution >= 0.6 is 0 Å². The van der Waals surface area contributed by atoms with Gasteiger partial charge in [0.05, 0.1) is 25.8 Å². The quantitative estimate of drug-likeness (QED) is 0.676. The smallest absolute Gasteiger partial charge is 0.340 e. The molecule has 0 atom stereocenters. The maximum Gasteiger partial charge on any atom is 0.340 e. The molecule has 2 N–H and O–H groups in total. The molecule has 6 nitrogen and oxygen atoms in total. The van der Waals surface area contributed by atoms with Crippen molar-refractivity contribution in [2.24, 2.45) is 0 Å². The number of para-hydroxylation sites is 1. The lowest BCUT2D eigenvalue weighted by atomic mass is 10.1. The Morgan fingerprint density at radius 1 is 1.04 bits per heavy atom. The molecule has 138 valence electrons. The van der Waals surface area contributed by atoms with Crippen molar-refractivity contribution in [3.63, 3.8) is 0 Å². The second-order valence-corrected chi connectivity index (χ2v) is 5.57. The van der Waals surface area contributed by atoms with Gasteiger partial charge in [0.25, 0.3) is 0 Å². The SMILES string of the molecule is CCOC(=O)c1ccccc1NCC(=O)NCCc1ccc(OC)cc1. The number of esters is 1. The zero-order valence-corrected chi connectivity index (χ0v) is 15.1. The molecule has 0 unspecified atom stereocenters. The van der Waals surface area contributed by atoms with E-state index in [1.807, 2.05) is 24.3 Å². The Hall–Kier alpha value is -3.02. The third kappa shape index (κ3) is 5.81. The Bertz CT molecular complexity index is 729. The van der Waals surface area contributed by atoms with Crippen molar-refractivity contribution in [3.05, 3.63) is 59.7 Å². The standard InChI is InChI=1S/C20H24N2O4/c1-3-26-20(24)17-6-4-5-7-18(17)22-14-19(23)21-13-12-15-8-10-16(25-2)11-9-15/h4-11,22H,3,12-14H2,1-2H3,(H,21,23). The van der Waals surface area contributed by atoms with E-state index >= 15 is 0 Å². The molecule has 0 aromatic heterocycles. The van der Waals surface area contributed by atoms with Gasteiger partial charge in [0.15, 0.2) is 0 Å². The second kappa shape index (κ2) is 10.1. The molecule has 0 bridgehead atoms. The van der Waals surface area contributed by atoms with E-state index in [0.717, 1.165) is 17.7 Å². The zero-order valence-electron chi connectivity index (χ0n) is 15.1. The van der Waals surface area contributed by atoms with Gasteiger partial charge in [-0.25, -0.2) is 4.79 Å². The molecule has 26 heavy (non-hydrogen) atoms. The molecule has 0 aliphatic carbocycles. The molecule has 2 aromatic rings. The summed E-state index contributed by atoms with van der Waals surface area (Å²) in [6.07, 6.45) is 0.731. The first kappa shape index (κ1) is 19.3. The molecule has 0 saturated heterocycles. The van der Waals surface area contributed by atoms with Crippen molar-refractivity contribution in [2.75, 3.05) is 32.1 Å². The number of nitrogens with one attached hydrogen (secondary N) is 2. The van der Waals surface area contributed by atoms with Gasteiger partial charge < -0.3 is 20.1 Å². The van der Waals surface area contributed by atoms with Crippen LogP contribution in [0.5, 0.6) is 5.75 Å². The first-order valence-corrected chi connectivity index (χ1v) is 8.53. The zero-order chi connectivity index (χ0) is 18.8. The van der Waals surface area contributed by atoms with Crippen LogP contribution in [0, 0.1) is 0 Å². The van der Waals surface area contributed by atoms with Gasteiger partial charge in [-0.1, -0.05) is 24.3 Å².